The van der Waals surface area contributed by atoms with Gasteiger partial charge in [0.05, 0.1) is 12.7 Å². The van der Waals surface area contributed by atoms with Gasteiger partial charge in [0.25, 0.3) is 0 Å². The first kappa shape index (κ1) is 13.7. The summed E-state index contributed by atoms with van der Waals surface area (Å²) in [6, 6.07) is 5.94. The van der Waals surface area contributed by atoms with Gasteiger partial charge in [-0.15, -0.1) is 0 Å². The molecule has 1 saturated carbocycles. The van der Waals surface area contributed by atoms with E-state index in [1.807, 2.05) is 25.1 Å². The van der Waals surface area contributed by atoms with Crippen LogP contribution in [0.3, 0.4) is 0 Å². The van der Waals surface area contributed by atoms with Gasteiger partial charge in [-0.05, 0) is 31.4 Å². The lowest BCUT2D eigenvalue weighted by atomic mass is 10.1. The molecule has 0 saturated heterocycles. The van der Waals surface area contributed by atoms with Gasteiger partial charge in [-0.3, -0.25) is 9.59 Å². The Kier molecular flexibility index (Phi) is 3.41. The molecule has 0 radical (unpaired) electrons. The van der Waals surface area contributed by atoms with Crippen LogP contribution in [0.2, 0.25) is 0 Å². The molecule has 1 aromatic heterocycles. The molecule has 21 heavy (non-hydrogen) atoms. The number of furan rings is 1. The number of carbonyl (C=O) groups excluding carboxylic acids is 1. The Hall–Kier alpha value is -2.30. The number of benzene rings is 1. The molecular weight excluding hydrogens is 270 g/mol. The summed E-state index contributed by atoms with van der Waals surface area (Å²) in [7, 11) is 0. The number of carboxylic acids is 1. The first-order valence-corrected chi connectivity index (χ1v) is 7.02. The molecule has 5 heteroatoms. The molecule has 1 aliphatic rings. The number of carboxylic acid groups (broad SMARTS) is 1. The topological polar surface area (TPSA) is 70.8 Å². The fraction of sp³-hybridized carbons (Fsp3) is 0.375. The van der Waals surface area contributed by atoms with E-state index in [0.717, 1.165) is 34.9 Å². The maximum atomic E-state index is 12.4. The molecule has 0 spiro atoms. The van der Waals surface area contributed by atoms with Gasteiger partial charge in [-0.25, -0.2) is 0 Å². The zero-order valence-corrected chi connectivity index (χ0v) is 11.8. The summed E-state index contributed by atoms with van der Waals surface area (Å²) in [5.41, 5.74) is 2.67. The summed E-state index contributed by atoms with van der Waals surface area (Å²) in [5, 5.41) is 9.84. The Morgan fingerprint density at radius 3 is 2.81 bits per heavy atom. The third kappa shape index (κ3) is 2.91. The Bertz CT molecular complexity index is 699. The molecular formula is C16H17NO4. The minimum absolute atomic E-state index is 0.0917. The summed E-state index contributed by atoms with van der Waals surface area (Å²) in [6.07, 6.45) is 3.56. The molecule has 0 atom stereocenters. The minimum atomic E-state index is -0.970. The molecule has 1 aliphatic carbocycles. The van der Waals surface area contributed by atoms with Crippen LogP contribution in [0.5, 0.6) is 0 Å². The van der Waals surface area contributed by atoms with Crippen molar-refractivity contribution in [2.45, 2.75) is 32.2 Å². The van der Waals surface area contributed by atoms with E-state index in [0.29, 0.717) is 0 Å². The lowest BCUT2D eigenvalue weighted by molar-refractivity contribution is -0.144. The lowest BCUT2D eigenvalue weighted by Gasteiger charge is -2.19. The van der Waals surface area contributed by atoms with Crippen LogP contribution in [0.15, 0.2) is 28.9 Å². The summed E-state index contributed by atoms with van der Waals surface area (Å²) in [6.45, 7) is 1.76. The van der Waals surface area contributed by atoms with Gasteiger partial charge in [-0.2, -0.15) is 0 Å². The van der Waals surface area contributed by atoms with Gasteiger partial charge in [0.1, 0.15) is 12.1 Å². The highest BCUT2D eigenvalue weighted by Gasteiger charge is 2.33. The Balaban J connectivity index is 1.80. The van der Waals surface area contributed by atoms with Crippen LogP contribution < -0.4 is 0 Å². The molecule has 1 fully saturated rings. The number of amides is 1. The molecule has 110 valence electrons. The standard InChI is InChI=1S/C16H17NO4/c1-10-2-5-13-11(9-21-14(13)6-10)7-15(18)17(8-16(19)20)12-3-4-12/h2,5-6,9,12H,3-4,7-8H2,1H3,(H,19,20). The van der Waals surface area contributed by atoms with Crippen molar-refractivity contribution in [3.05, 3.63) is 35.6 Å². The number of hydrogen-bond donors (Lipinski definition) is 1. The summed E-state index contributed by atoms with van der Waals surface area (Å²) in [4.78, 5) is 24.7. The molecule has 5 nitrogen and oxygen atoms in total. The van der Waals surface area contributed by atoms with Crippen LogP contribution in [-0.4, -0.2) is 34.5 Å². The minimum Gasteiger partial charge on any atom is -0.480 e. The normalized spacial score (nSPS) is 14.3. The summed E-state index contributed by atoms with van der Waals surface area (Å²) >= 11 is 0. The first-order chi connectivity index (χ1) is 10.0. The van der Waals surface area contributed by atoms with Gasteiger partial charge < -0.3 is 14.4 Å². The van der Waals surface area contributed by atoms with Crippen LogP contribution in [0.4, 0.5) is 0 Å². The molecule has 3 rings (SSSR count). The molecule has 1 amide bonds. The Morgan fingerprint density at radius 1 is 1.38 bits per heavy atom. The van der Waals surface area contributed by atoms with E-state index in [9.17, 15) is 9.59 Å². The highest BCUT2D eigenvalue weighted by Crippen LogP contribution is 2.28. The second-order valence-electron chi connectivity index (χ2n) is 5.58. The van der Waals surface area contributed by atoms with Crippen LogP contribution >= 0.6 is 0 Å². The van der Waals surface area contributed by atoms with E-state index in [4.69, 9.17) is 9.52 Å². The quantitative estimate of drug-likeness (QED) is 0.916. The predicted molar refractivity (Wildman–Crippen MR) is 77.0 cm³/mol. The third-order valence-corrected chi connectivity index (χ3v) is 3.77. The zero-order valence-electron chi connectivity index (χ0n) is 11.8. The van der Waals surface area contributed by atoms with Gasteiger partial charge in [-0.1, -0.05) is 12.1 Å². The van der Waals surface area contributed by atoms with Crippen molar-refractivity contribution in [2.24, 2.45) is 0 Å². The summed E-state index contributed by atoms with van der Waals surface area (Å²) in [5.74, 6) is -1.12. The van der Waals surface area contributed by atoms with Gasteiger partial charge in [0, 0.05) is 17.0 Å². The average Bonchev–Trinajstić information content (AvgIpc) is 3.19. The first-order valence-electron chi connectivity index (χ1n) is 7.02. The lowest BCUT2D eigenvalue weighted by Crippen LogP contribution is -2.38. The van der Waals surface area contributed by atoms with E-state index >= 15 is 0 Å². The molecule has 1 heterocycles. The number of rotatable bonds is 5. The van der Waals surface area contributed by atoms with Gasteiger partial charge in [0.2, 0.25) is 5.91 Å². The zero-order chi connectivity index (χ0) is 15.0. The molecule has 0 unspecified atom stereocenters. The smallest absolute Gasteiger partial charge is 0.323 e. The van der Waals surface area contributed by atoms with E-state index in [1.54, 1.807) is 6.26 Å². The number of hydrogen-bond acceptors (Lipinski definition) is 3. The monoisotopic (exact) mass is 287 g/mol. The van der Waals surface area contributed by atoms with Gasteiger partial charge in [0.15, 0.2) is 0 Å². The molecule has 1 aromatic carbocycles. The Morgan fingerprint density at radius 2 is 2.14 bits per heavy atom. The van der Waals surface area contributed by atoms with Crippen molar-refractivity contribution in [1.82, 2.24) is 4.90 Å². The Labute approximate surface area is 122 Å². The molecule has 1 N–H and O–H groups in total. The molecule has 2 aromatic rings. The maximum absolute atomic E-state index is 12.4. The predicted octanol–water partition coefficient (Wildman–Crippen LogP) is 2.36. The van der Waals surface area contributed by atoms with Crippen LogP contribution in [0, 0.1) is 6.92 Å². The average molecular weight is 287 g/mol. The maximum Gasteiger partial charge on any atom is 0.323 e. The largest absolute Gasteiger partial charge is 0.480 e. The van der Waals surface area contributed by atoms with E-state index in [-0.39, 0.29) is 24.9 Å². The fourth-order valence-corrected chi connectivity index (χ4v) is 2.54. The van der Waals surface area contributed by atoms with E-state index in [2.05, 4.69) is 0 Å². The number of nitrogens with zero attached hydrogens (tertiary/aromatic N) is 1. The second kappa shape index (κ2) is 5.24. The van der Waals surface area contributed by atoms with Crippen LogP contribution in [0.25, 0.3) is 11.0 Å². The highest BCUT2D eigenvalue weighted by molar-refractivity contribution is 5.89. The number of carbonyl (C=O) groups is 2. The number of aliphatic carboxylic acids is 1. The van der Waals surface area contributed by atoms with E-state index in [1.165, 1.54) is 4.90 Å². The van der Waals surface area contributed by atoms with E-state index < -0.39 is 5.97 Å². The highest BCUT2D eigenvalue weighted by atomic mass is 16.4. The van der Waals surface area contributed by atoms with Crippen molar-refractivity contribution >= 4 is 22.8 Å². The fourth-order valence-electron chi connectivity index (χ4n) is 2.54. The number of aryl methyl sites for hydroxylation is 1. The SMILES string of the molecule is Cc1ccc2c(CC(=O)N(CC(=O)O)C3CC3)coc2c1. The van der Waals surface area contributed by atoms with Crippen LogP contribution in [0.1, 0.15) is 24.0 Å². The van der Waals surface area contributed by atoms with Gasteiger partial charge >= 0.3 is 5.97 Å². The second-order valence-corrected chi connectivity index (χ2v) is 5.58. The van der Waals surface area contributed by atoms with Crippen molar-refractivity contribution in [3.8, 4) is 0 Å². The van der Waals surface area contributed by atoms with Crippen LogP contribution in [-0.2, 0) is 16.0 Å². The van der Waals surface area contributed by atoms with Crippen molar-refractivity contribution in [2.75, 3.05) is 6.54 Å². The molecule has 0 bridgehead atoms. The molecule has 0 aliphatic heterocycles. The number of fused-ring (bicyclic) bond motifs is 1. The van der Waals surface area contributed by atoms with Crippen molar-refractivity contribution in [1.29, 1.82) is 0 Å². The van der Waals surface area contributed by atoms with Crippen molar-refractivity contribution < 1.29 is 19.1 Å². The third-order valence-electron chi connectivity index (χ3n) is 3.77. The summed E-state index contributed by atoms with van der Waals surface area (Å²) < 4.78 is 5.48. The van der Waals surface area contributed by atoms with Crippen molar-refractivity contribution in [3.63, 3.8) is 0 Å².